The average Bonchev–Trinajstić information content (AvgIpc) is 2.46. The predicted octanol–water partition coefficient (Wildman–Crippen LogP) is 3.28. The van der Waals surface area contributed by atoms with Gasteiger partial charge in [-0.25, -0.2) is 4.79 Å². The van der Waals surface area contributed by atoms with Gasteiger partial charge in [0.2, 0.25) is 0 Å². The zero-order valence-corrected chi connectivity index (χ0v) is 15.2. The van der Waals surface area contributed by atoms with Crippen molar-refractivity contribution in [1.29, 1.82) is 0 Å². The van der Waals surface area contributed by atoms with Crippen molar-refractivity contribution in [2.75, 3.05) is 18.8 Å². The Labute approximate surface area is 139 Å². The van der Waals surface area contributed by atoms with Gasteiger partial charge in [-0.05, 0) is 47.0 Å². The number of amides is 1. The molecule has 1 amide bonds. The van der Waals surface area contributed by atoms with Crippen LogP contribution in [0.15, 0.2) is 0 Å². The van der Waals surface area contributed by atoms with Gasteiger partial charge in [-0.15, -0.1) is 0 Å². The molecule has 1 aliphatic heterocycles. The monoisotopic (exact) mass is 331 g/mol. The van der Waals surface area contributed by atoms with Crippen molar-refractivity contribution in [3.8, 4) is 0 Å². The van der Waals surface area contributed by atoms with Crippen LogP contribution >= 0.6 is 12.6 Å². The molecule has 0 N–H and O–H groups in total. The van der Waals surface area contributed by atoms with Crippen LogP contribution in [0.3, 0.4) is 0 Å². The van der Waals surface area contributed by atoms with E-state index in [1.807, 2.05) is 34.6 Å². The lowest BCUT2D eigenvalue weighted by atomic mass is 9.83. The van der Waals surface area contributed by atoms with E-state index in [0.717, 1.165) is 19.3 Å². The van der Waals surface area contributed by atoms with Crippen LogP contribution in [-0.2, 0) is 14.3 Å². The summed E-state index contributed by atoms with van der Waals surface area (Å²) >= 11 is 3.94. The minimum absolute atomic E-state index is 0.0840. The molecule has 0 aromatic heterocycles. The van der Waals surface area contributed by atoms with Crippen LogP contribution in [0.5, 0.6) is 0 Å². The van der Waals surface area contributed by atoms with Gasteiger partial charge < -0.3 is 14.4 Å². The first-order valence-corrected chi connectivity index (χ1v) is 8.55. The van der Waals surface area contributed by atoms with Crippen LogP contribution in [0.1, 0.15) is 53.9 Å². The zero-order chi connectivity index (χ0) is 17.0. The number of thiol groups is 1. The smallest absolute Gasteiger partial charge is 0.410 e. The molecule has 0 saturated carbocycles. The quantitative estimate of drug-likeness (QED) is 0.620. The topological polar surface area (TPSA) is 55.8 Å². The van der Waals surface area contributed by atoms with E-state index in [-0.39, 0.29) is 23.7 Å². The molecule has 1 aliphatic rings. The molecular weight excluding hydrogens is 302 g/mol. The third kappa shape index (κ3) is 5.38. The summed E-state index contributed by atoms with van der Waals surface area (Å²) in [7, 11) is 0. The summed E-state index contributed by atoms with van der Waals surface area (Å²) in [6, 6.07) is 0. The molecule has 1 rings (SSSR count). The Morgan fingerprint density at radius 2 is 1.68 bits per heavy atom. The zero-order valence-electron chi connectivity index (χ0n) is 14.3. The summed E-state index contributed by atoms with van der Waals surface area (Å²) in [6.07, 6.45) is 2.13. The minimum Gasteiger partial charge on any atom is -0.459 e. The van der Waals surface area contributed by atoms with Gasteiger partial charge in [0.05, 0.1) is 5.75 Å². The maximum absolute atomic E-state index is 12.2. The van der Waals surface area contributed by atoms with Gasteiger partial charge in [0.25, 0.3) is 0 Å². The first kappa shape index (κ1) is 19.1. The number of esters is 1. The van der Waals surface area contributed by atoms with Crippen LogP contribution < -0.4 is 0 Å². The molecule has 0 radical (unpaired) electrons. The van der Waals surface area contributed by atoms with E-state index in [9.17, 15) is 9.59 Å². The fourth-order valence-corrected chi connectivity index (χ4v) is 2.60. The fourth-order valence-electron chi connectivity index (χ4n) is 2.54. The first-order valence-electron chi connectivity index (χ1n) is 7.92. The molecule has 0 aromatic carbocycles. The molecule has 1 saturated heterocycles. The van der Waals surface area contributed by atoms with Crippen molar-refractivity contribution in [2.24, 2.45) is 5.92 Å². The van der Waals surface area contributed by atoms with E-state index < -0.39 is 11.2 Å². The van der Waals surface area contributed by atoms with E-state index in [1.54, 1.807) is 4.90 Å². The molecule has 1 fully saturated rings. The molecule has 6 heteroatoms. The van der Waals surface area contributed by atoms with Crippen molar-refractivity contribution < 1.29 is 19.1 Å². The van der Waals surface area contributed by atoms with Crippen LogP contribution in [0.4, 0.5) is 4.79 Å². The Hall–Kier alpha value is -0.910. The van der Waals surface area contributed by atoms with Gasteiger partial charge in [0, 0.05) is 19.0 Å². The molecule has 128 valence electrons. The highest BCUT2D eigenvalue weighted by Gasteiger charge is 2.37. The first-order chi connectivity index (χ1) is 10.1. The molecule has 5 nitrogen and oxygen atoms in total. The van der Waals surface area contributed by atoms with E-state index in [4.69, 9.17) is 9.47 Å². The molecule has 22 heavy (non-hydrogen) atoms. The largest absolute Gasteiger partial charge is 0.459 e. The van der Waals surface area contributed by atoms with E-state index in [1.165, 1.54) is 0 Å². The second-order valence-electron chi connectivity index (χ2n) is 6.98. The summed E-state index contributed by atoms with van der Waals surface area (Å²) in [5, 5.41) is 0. The van der Waals surface area contributed by atoms with Gasteiger partial charge >= 0.3 is 12.1 Å². The van der Waals surface area contributed by atoms with Crippen LogP contribution in [-0.4, -0.2) is 47.0 Å². The molecule has 1 heterocycles. The number of carbonyl (C=O) groups excluding carboxylic acids is 2. The third-order valence-electron chi connectivity index (χ3n) is 4.46. The molecule has 0 atom stereocenters. The maximum Gasteiger partial charge on any atom is 0.410 e. The maximum atomic E-state index is 12.2. The van der Waals surface area contributed by atoms with Gasteiger partial charge in [-0.1, -0.05) is 6.92 Å². The lowest BCUT2D eigenvalue weighted by Gasteiger charge is -2.40. The van der Waals surface area contributed by atoms with Crippen molar-refractivity contribution in [3.63, 3.8) is 0 Å². The molecule has 0 unspecified atom stereocenters. The lowest BCUT2D eigenvalue weighted by molar-refractivity contribution is -0.160. The number of carbonyl (C=O) groups is 2. The van der Waals surface area contributed by atoms with E-state index in [0.29, 0.717) is 13.1 Å². The van der Waals surface area contributed by atoms with Crippen LogP contribution in [0, 0.1) is 5.92 Å². The Kier molecular flexibility index (Phi) is 6.59. The van der Waals surface area contributed by atoms with Crippen molar-refractivity contribution in [1.82, 2.24) is 4.90 Å². The van der Waals surface area contributed by atoms with Crippen molar-refractivity contribution in [2.45, 2.75) is 65.1 Å². The molecule has 0 spiro atoms. The van der Waals surface area contributed by atoms with Gasteiger partial charge in [-0.3, -0.25) is 4.79 Å². The summed E-state index contributed by atoms with van der Waals surface area (Å²) < 4.78 is 11.0. The number of likely N-dealkylation sites (tertiary alicyclic amines) is 1. The Bertz CT molecular complexity index is 401. The summed E-state index contributed by atoms with van der Waals surface area (Å²) in [5.74, 6) is 0.0141. The number of hydrogen-bond acceptors (Lipinski definition) is 5. The van der Waals surface area contributed by atoms with Gasteiger partial charge in [0.15, 0.2) is 0 Å². The predicted molar refractivity (Wildman–Crippen MR) is 89.2 cm³/mol. The van der Waals surface area contributed by atoms with Crippen LogP contribution in [0.25, 0.3) is 0 Å². The number of rotatable bonds is 5. The Morgan fingerprint density at radius 3 is 2.14 bits per heavy atom. The normalized spacial score (nSPS) is 17.3. The SMILES string of the molecule is CCC(C)(C)OC(=O)N1CCC(C(C)(C)OC(=O)CS)CC1. The summed E-state index contributed by atoms with van der Waals surface area (Å²) in [4.78, 5) is 25.4. The van der Waals surface area contributed by atoms with Crippen molar-refractivity contribution in [3.05, 3.63) is 0 Å². The summed E-state index contributed by atoms with van der Waals surface area (Å²) in [6.45, 7) is 10.9. The average molecular weight is 331 g/mol. The standard InChI is InChI=1S/C16H29NO4S/c1-6-15(2,3)21-14(19)17-9-7-12(8-10-17)16(4,5)20-13(18)11-22/h12,22H,6-11H2,1-5H3. The third-order valence-corrected chi connectivity index (χ3v) is 4.72. The van der Waals surface area contributed by atoms with Crippen molar-refractivity contribution >= 4 is 24.7 Å². The number of hydrogen-bond donors (Lipinski definition) is 1. The summed E-state index contributed by atoms with van der Waals surface area (Å²) in [5.41, 5.74) is -0.964. The highest BCUT2D eigenvalue weighted by Crippen LogP contribution is 2.31. The highest BCUT2D eigenvalue weighted by molar-refractivity contribution is 7.81. The number of piperidine rings is 1. The van der Waals surface area contributed by atoms with Crippen LogP contribution in [0.2, 0.25) is 0 Å². The Morgan fingerprint density at radius 1 is 1.14 bits per heavy atom. The van der Waals surface area contributed by atoms with E-state index >= 15 is 0 Å². The molecule has 0 aromatic rings. The number of nitrogens with zero attached hydrogens (tertiary/aromatic N) is 1. The molecule has 0 bridgehead atoms. The Balaban J connectivity index is 2.52. The highest BCUT2D eigenvalue weighted by atomic mass is 32.1. The second kappa shape index (κ2) is 7.57. The second-order valence-corrected chi connectivity index (χ2v) is 7.29. The molecular formula is C16H29NO4S. The number of ether oxygens (including phenoxy) is 2. The van der Waals surface area contributed by atoms with E-state index in [2.05, 4.69) is 12.6 Å². The van der Waals surface area contributed by atoms with Gasteiger partial charge in [-0.2, -0.15) is 12.6 Å². The lowest BCUT2D eigenvalue weighted by Crippen LogP contribution is -2.47. The molecule has 0 aliphatic carbocycles. The fraction of sp³-hybridized carbons (Fsp3) is 0.875. The van der Waals surface area contributed by atoms with Gasteiger partial charge in [0.1, 0.15) is 11.2 Å². The minimum atomic E-state index is -0.529.